The lowest BCUT2D eigenvalue weighted by molar-refractivity contribution is -0.148. The zero-order valence-corrected chi connectivity index (χ0v) is 11.8. The van der Waals surface area contributed by atoms with Crippen LogP contribution < -0.4 is 5.32 Å². The Labute approximate surface area is 117 Å². The third-order valence-electron chi connectivity index (χ3n) is 4.13. The Morgan fingerprint density at radius 2 is 2.10 bits per heavy atom. The molecule has 1 aromatic rings. The standard InChI is InChI=1S/C14H20N2O4/c1-3-9(4-2)10-8-11(20-16-10)12(17)15-14(13(18)19)6-5-7-14/h8-9H,3-7H2,1-2H3,(H,15,17)(H,18,19). The number of carbonyl (C=O) groups excluding carboxylic acids is 1. The number of amides is 1. The largest absolute Gasteiger partial charge is 0.480 e. The molecule has 1 heterocycles. The van der Waals surface area contributed by atoms with Gasteiger partial charge in [-0.3, -0.25) is 4.79 Å². The van der Waals surface area contributed by atoms with E-state index in [2.05, 4.69) is 24.3 Å². The molecule has 6 heteroatoms. The van der Waals surface area contributed by atoms with E-state index in [4.69, 9.17) is 4.52 Å². The molecule has 0 saturated heterocycles. The summed E-state index contributed by atoms with van der Waals surface area (Å²) >= 11 is 0. The van der Waals surface area contributed by atoms with Crippen molar-refractivity contribution in [2.75, 3.05) is 0 Å². The molecule has 0 unspecified atom stereocenters. The zero-order chi connectivity index (χ0) is 14.8. The fraction of sp³-hybridized carbons (Fsp3) is 0.643. The number of hydrogen-bond acceptors (Lipinski definition) is 4. The molecule has 1 aromatic heterocycles. The molecule has 0 radical (unpaired) electrons. The highest BCUT2D eigenvalue weighted by Crippen LogP contribution is 2.32. The first kappa shape index (κ1) is 14.6. The van der Waals surface area contributed by atoms with E-state index >= 15 is 0 Å². The van der Waals surface area contributed by atoms with Gasteiger partial charge in [-0.2, -0.15) is 0 Å². The van der Waals surface area contributed by atoms with Gasteiger partial charge in [0.25, 0.3) is 5.91 Å². The highest BCUT2D eigenvalue weighted by Gasteiger charge is 2.46. The van der Waals surface area contributed by atoms with Gasteiger partial charge in [0.15, 0.2) is 0 Å². The second kappa shape index (κ2) is 5.64. The quantitative estimate of drug-likeness (QED) is 0.834. The molecular weight excluding hydrogens is 260 g/mol. The van der Waals surface area contributed by atoms with Crippen LogP contribution in [0.25, 0.3) is 0 Å². The molecule has 1 saturated carbocycles. The molecule has 6 nitrogen and oxygen atoms in total. The number of carbonyl (C=O) groups is 2. The van der Waals surface area contributed by atoms with E-state index in [1.807, 2.05) is 0 Å². The van der Waals surface area contributed by atoms with Gasteiger partial charge >= 0.3 is 5.97 Å². The predicted molar refractivity (Wildman–Crippen MR) is 71.5 cm³/mol. The summed E-state index contributed by atoms with van der Waals surface area (Å²) in [6.45, 7) is 4.10. The van der Waals surface area contributed by atoms with E-state index in [0.717, 1.165) is 25.0 Å². The maximum Gasteiger partial charge on any atom is 0.329 e. The molecule has 2 rings (SSSR count). The number of nitrogens with one attached hydrogen (secondary N) is 1. The topological polar surface area (TPSA) is 92.4 Å². The van der Waals surface area contributed by atoms with Gasteiger partial charge in [0, 0.05) is 12.0 Å². The smallest absolute Gasteiger partial charge is 0.329 e. The number of aromatic nitrogens is 1. The lowest BCUT2D eigenvalue weighted by atomic mass is 9.76. The van der Waals surface area contributed by atoms with Crippen molar-refractivity contribution in [2.24, 2.45) is 0 Å². The number of hydrogen-bond donors (Lipinski definition) is 2. The fourth-order valence-corrected chi connectivity index (χ4v) is 2.50. The third kappa shape index (κ3) is 2.55. The van der Waals surface area contributed by atoms with E-state index in [0.29, 0.717) is 12.8 Å². The van der Waals surface area contributed by atoms with Crippen LogP contribution in [-0.2, 0) is 4.79 Å². The minimum atomic E-state index is -1.13. The van der Waals surface area contributed by atoms with Gasteiger partial charge in [0.2, 0.25) is 5.76 Å². The van der Waals surface area contributed by atoms with Crippen LogP contribution >= 0.6 is 0 Å². The minimum absolute atomic E-state index is 0.0828. The van der Waals surface area contributed by atoms with Gasteiger partial charge in [-0.1, -0.05) is 19.0 Å². The summed E-state index contributed by atoms with van der Waals surface area (Å²) in [6, 6.07) is 1.61. The zero-order valence-electron chi connectivity index (χ0n) is 11.8. The SMILES string of the molecule is CCC(CC)c1cc(C(=O)NC2(C(=O)O)CCC2)on1. The third-order valence-corrected chi connectivity index (χ3v) is 4.13. The van der Waals surface area contributed by atoms with Crippen molar-refractivity contribution >= 4 is 11.9 Å². The van der Waals surface area contributed by atoms with Crippen molar-refractivity contribution in [3.63, 3.8) is 0 Å². The summed E-state index contributed by atoms with van der Waals surface area (Å²) in [5, 5.41) is 15.7. The maximum atomic E-state index is 12.1. The molecule has 110 valence electrons. The van der Waals surface area contributed by atoms with Crippen molar-refractivity contribution in [1.82, 2.24) is 10.5 Å². The minimum Gasteiger partial charge on any atom is -0.480 e. The van der Waals surface area contributed by atoms with Gasteiger partial charge in [-0.15, -0.1) is 0 Å². The van der Waals surface area contributed by atoms with E-state index in [1.54, 1.807) is 6.07 Å². The van der Waals surface area contributed by atoms with Crippen LogP contribution in [0.1, 0.15) is 68.1 Å². The summed E-state index contributed by atoms with van der Waals surface area (Å²) in [5.41, 5.74) is -0.378. The summed E-state index contributed by atoms with van der Waals surface area (Å²) in [4.78, 5) is 23.3. The van der Waals surface area contributed by atoms with E-state index in [-0.39, 0.29) is 11.7 Å². The van der Waals surface area contributed by atoms with Crippen LogP contribution in [0.15, 0.2) is 10.6 Å². The molecule has 0 spiro atoms. The molecule has 20 heavy (non-hydrogen) atoms. The van der Waals surface area contributed by atoms with Crippen molar-refractivity contribution in [3.05, 3.63) is 17.5 Å². The summed E-state index contributed by atoms with van der Waals surface area (Å²) in [5.74, 6) is -1.15. The summed E-state index contributed by atoms with van der Waals surface area (Å²) in [7, 11) is 0. The Bertz CT molecular complexity index is 501. The van der Waals surface area contributed by atoms with Gasteiger partial charge in [-0.05, 0) is 32.1 Å². The molecule has 0 aromatic carbocycles. The highest BCUT2D eigenvalue weighted by atomic mass is 16.5. The van der Waals surface area contributed by atoms with E-state index in [1.165, 1.54) is 0 Å². The first-order valence-electron chi connectivity index (χ1n) is 7.05. The first-order valence-corrected chi connectivity index (χ1v) is 7.05. The lowest BCUT2D eigenvalue weighted by Crippen LogP contribution is -2.59. The molecule has 1 fully saturated rings. The van der Waals surface area contributed by atoms with Crippen LogP contribution in [0.2, 0.25) is 0 Å². The monoisotopic (exact) mass is 280 g/mol. The van der Waals surface area contributed by atoms with E-state index < -0.39 is 17.4 Å². The van der Waals surface area contributed by atoms with E-state index in [9.17, 15) is 14.7 Å². The first-order chi connectivity index (χ1) is 9.52. The second-order valence-electron chi connectivity index (χ2n) is 5.32. The molecule has 0 aliphatic heterocycles. The number of aliphatic carboxylic acids is 1. The molecule has 1 amide bonds. The Balaban J connectivity index is 2.08. The molecule has 1 aliphatic rings. The van der Waals surface area contributed by atoms with Crippen molar-refractivity contribution < 1.29 is 19.2 Å². The van der Waals surface area contributed by atoms with Crippen molar-refractivity contribution in [3.8, 4) is 0 Å². The second-order valence-corrected chi connectivity index (χ2v) is 5.32. The molecule has 0 bridgehead atoms. The number of rotatable bonds is 6. The van der Waals surface area contributed by atoms with Gasteiger partial charge < -0.3 is 14.9 Å². The number of carboxylic acids is 1. The van der Waals surface area contributed by atoms with Crippen LogP contribution in [-0.4, -0.2) is 27.7 Å². The Kier molecular flexibility index (Phi) is 4.11. The highest BCUT2D eigenvalue weighted by molar-refractivity contribution is 5.96. The lowest BCUT2D eigenvalue weighted by Gasteiger charge is -2.37. The van der Waals surface area contributed by atoms with Crippen LogP contribution in [0, 0.1) is 0 Å². The number of nitrogens with zero attached hydrogens (tertiary/aromatic N) is 1. The van der Waals surface area contributed by atoms with Crippen LogP contribution in [0.4, 0.5) is 0 Å². The average molecular weight is 280 g/mol. The van der Waals surface area contributed by atoms with Gasteiger partial charge in [-0.25, -0.2) is 4.79 Å². The average Bonchev–Trinajstić information content (AvgIpc) is 2.84. The van der Waals surface area contributed by atoms with Gasteiger partial charge in [0.1, 0.15) is 5.54 Å². The normalized spacial score (nSPS) is 16.8. The Morgan fingerprint density at radius 3 is 2.55 bits per heavy atom. The molecule has 1 aliphatic carbocycles. The summed E-state index contributed by atoms with van der Waals surface area (Å²) < 4.78 is 5.05. The Hall–Kier alpha value is -1.85. The maximum absolute atomic E-state index is 12.1. The van der Waals surface area contributed by atoms with Crippen molar-refractivity contribution in [1.29, 1.82) is 0 Å². The Morgan fingerprint density at radius 1 is 1.45 bits per heavy atom. The number of carboxylic acid groups (broad SMARTS) is 1. The molecule has 2 N–H and O–H groups in total. The fourth-order valence-electron chi connectivity index (χ4n) is 2.50. The van der Waals surface area contributed by atoms with Crippen LogP contribution in [0.3, 0.4) is 0 Å². The van der Waals surface area contributed by atoms with Gasteiger partial charge in [0.05, 0.1) is 5.69 Å². The molecular formula is C14H20N2O4. The predicted octanol–water partition coefficient (Wildman–Crippen LogP) is 2.32. The molecule has 0 atom stereocenters. The van der Waals surface area contributed by atoms with Crippen LogP contribution in [0.5, 0.6) is 0 Å². The summed E-state index contributed by atoms with van der Waals surface area (Å²) in [6.07, 6.45) is 3.57. The van der Waals surface area contributed by atoms with Crippen molar-refractivity contribution in [2.45, 2.75) is 57.4 Å².